The smallest absolute Gasteiger partial charge is 0.276 e. The third-order valence-electron chi connectivity index (χ3n) is 5.37. The first-order valence-electron chi connectivity index (χ1n) is 10.4. The van der Waals surface area contributed by atoms with Gasteiger partial charge in [0.15, 0.2) is 17.2 Å². The first-order valence-corrected chi connectivity index (χ1v) is 10.4. The van der Waals surface area contributed by atoms with Crippen molar-refractivity contribution >= 4 is 5.91 Å². The maximum atomic E-state index is 12.5. The van der Waals surface area contributed by atoms with Gasteiger partial charge >= 0.3 is 0 Å². The van der Waals surface area contributed by atoms with Gasteiger partial charge in [0.2, 0.25) is 0 Å². The molecule has 0 spiro atoms. The number of amides is 1. The number of aromatic hydroxyl groups is 1. The molecule has 0 radical (unpaired) electrons. The molecule has 1 aliphatic heterocycles. The number of rotatable bonds is 8. The number of carbonyl (C=O) groups is 1. The number of ether oxygens (including phenoxy) is 1. The van der Waals surface area contributed by atoms with Crippen LogP contribution in [0.2, 0.25) is 0 Å². The average Bonchev–Trinajstić information content (AvgIpc) is 3.22. The van der Waals surface area contributed by atoms with E-state index in [2.05, 4.69) is 15.2 Å². The predicted octanol–water partition coefficient (Wildman–Crippen LogP) is 2.70. The molecule has 1 aliphatic rings. The zero-order chi connectivity index (χ0) is 20.8. The Labute approximate surface area is 172 Å². The number of benzene rings is 1. The van der Waals surface area contributed by atoms with Crippen LogP contribution in [0, 0.1) is 0 Å². The Hall–Kier alpha value is -2.61. The highest BCUT2D eigenvalue weighted by molar-refractivity contribution is 5.91. The number of hydrogen-bond donors (Lipinski definition) is 1. The molecule has 1 N–H and O–H groups in total. The zero-order valence-electron chi connectivity index (χ0n) is 17.5. The van der Waals surface area contributed by atoms with Gasteiger partial charge in [-0.1, -0.05) is 11.3 Å². The molecule has 8 heteroatoms. The predicted molar refractivity (Wildman–Crippen MR) is 110 cm³/mol. The van der Waals surface area contributed by atoms with E-state index in [1.165, 1.54) is 0 Å². The lowest BCUT2D eigenvalue weighted by Crippen LogP contribution is -2.36. The number of phenolic OH excluding ortho intramolecular Hbond substituents is 1. The molecular formula is C21H31N5O3. The molecule has 1 aromatic carbocycles. The summed E-state index contributed by atoms with van der Waals surface area (Å²) in [4.78, 5) is 16.6. The molecule has 1 saturated heterocycles. The fourth-order valence-electron chi connectivity index (χ4n) is 3.80. The number of likely N-dealkylation sites (tertiary alicyclic amines) is 1. The van der Waals surface area contributed by atoms with Gasteiger partial charge in [0, 0.05) is 26.2 Å². The van der Waals surface area contributed by atoms with Crippen molar-refractivity contribution in [2.45, 2.75) is 46.2 Å². The summed E-state index contributed by atoms with van der Waals surface area (Å²) in [6.45, 7) is 10.3. The van der Waals surface area contributed by atoms with Gasteiger partial charge in [0.25, 0.3) is 5.91 Å². The molecule has 1 atom stereocenters. The quantitative estimate of drug-likeness (QED) is 0.732. The Kier molecular flexibility index (Phi) is 7.09. The number of piperidine rings is 1. The number of hydrogen-bond acceptors (Lipinski definition) is 6. The molecule has 1 aromatic heterocycles. The van der Waals surface area contributed by atoms with E-state index in [-0.39, 0.29) is 17.7 Å². The summed E-state index contributed by atoms with van der Waals surface area (Å²) in [5.41, 5.74) is 1.51. The molecule has 0 saturated carbocycles. The molecule has 0 bridgehead atoms. The minimum absolute atomic E-state index is 0.0681. The third kappa shape index (κ3) is 5.06. The zero-order valence-corrected chi connectivity index (χ0v) is 17.5. The van der Waals surface area contributed by atoms with Gasteiger partial charge in [-0.05, 0) is 57.9 Å². The standard InChI is InChI=1S/C21H31N5O3/c1-4-25(5-2)21(28)18-15-26(23-22-18)17-8-7-11-24(14-17)13-16-9-10-19(27)20(12-16)29-6-3/h9-10,12,15,17,27H,4-8,11,13-14H2,1-3H3/t17-/m1/s1. The minimum atomic E-state index is -0.0681. The molecule has 2 aromatic rings. The van der Waals surface area contributed by atoms with E-state index >= 15 is 0 Å². The summed E-state index contributed by atoms with van der Waals surface area (Å²) in [7, 11) is 0. The average molecular weight is 402 g/mol. The summed E-state index contributed by atoms with van der Waals surface area (Å²) in [5.74, 6) is 0.621. The Morgan fingerprint density at radius 3 is 2.83 bits per heavy atom. The van der Waals surface area contributed by atoms with E-state index in [0.29, 0.717) is 31.1 Å². The highest BCUT2D eigenvalue weighted by Gasteiger charge is 2.24. The van der Waals surface area contributed by atoms with E-state index < -0.39 is 0 Å². The van der Waals surface area contributed by atoms with Crippen molar-refractivity contribution in [3.05, 3.63) is 35.7 Å². The summed E-state index contributed by atoms with van der Waals surface area (Å²) in [6.07, 6.45) is 3.85. The molecule has 29 heavy (non-hydrogen) atoms. The summed E-state index contributed by atoms with van der Waals surface area (Å²) in [6, 6.07) is 5.71. The Morgan fingerprint density at radius 2 is 2.10 bits per heavy atom. The van der Waals surface area contributed by atoms with Gasteiger partial charge in [0.1, 0.15) is 0 Å². The second-order valence-corrected chi connectivity index (χ2v) is 7.33. The Balaban J connectivity index is 1.65. The number of aromatic nitrogens is 3. The molecule has 0 unspecified atom stereocenters. The van der Waals surface area contributed by atoms with Gasteiger partial charge in [-0.15, -0.1) is 5.10 Å². The molecule has 158 valence electrons. The van der Waals surface area contributed by atoms with Crippen molar-refractivity contribution in [2.24, 2.45) is 0 Å². The van der Waals surface area contributed by atoms with Gasteiger partial charge < -0.3 is 14.7 Å². The van der Waals surface area contributed by atoms with E-state index in [0.717, 1.165) is 38.0 Å². The van der Waals surface area contributed by atoms with Crippen molar-refractivity contribution in [1.29, 1.82) is 0 Å². The van der Waals surface area contributed by atoms with Gasteiger partial charge in [-0.25, -0.2) is 4.68 Å². The maximum absolute atomic E-state index is 12.5. The van der Waals surface area contributed by atoms with Crippen LogP contribution in [0.15, 0.2) is 24.4 Å². The number of carbonyl (C=O) groups excluding carboxylic acids is 1. The molecule has 8 nitrogen and oxygen atoms in total. The SMILES string of the molecule is CCOc1cc(CN2CCC[C@@H](n3cc(C(=O)N(CC)CC)nn3)C2)ccc1O. The van der Waals surface area contributed by atoms with Crippen LogP contribution in [0.4, 0.5) is 0 Å². The van der Waals surface area contributed by atoms with Crippen LogP contribution in [0.5, 0.6) is 11.5 Å². The van der Waals surface area contributed by atoms with Crippen molar-refractivity contribution in [3.63, 3.8) is 0 Å². The number of nitrogens with zero attached hydrogens (tertiary/aromatic N) is 5. The highest BCUT2D eigenvalue weighted by atomic mass is 16.5. The summed E-state index contributed by atoms with van der Waals surface area (Å²) < 4.78 is 7.33. The van der Waals surface area contributed by atoms with E-state index in [9.17, 15) is 9.90 Å². The normalized spacial score (nSPS) is 17.3. The molecule has 1 fully saturated rings. The fourth-order valence-corrected chi connectivity index (χ4v) is 3.80. The lowest BCUT2D eigenvalue weighted by molar-refractivity contribution is 0.0767. The molecule has 3 rings (SSSR count). The van der Waals surface area contributed by atoms with E-state index in [4.69, 9.17) is 4.74 Å². The molecule has 2 heterocycles. The van der Waals surface area contributed by atoms with Crippen molar-refractivity contribution in [2.75, 3.05) is 32.8 Å². The first-order chi connectivity index (χ1) is 14.0. The number of phenols is 1. The molecular weight excluding hydrogens is 370 g/mol. The van der Waals surface area contributed by atoms with Crippen molar-refractivity contribution < 1.29 is 14.6 Å². The van der Waals surface area contributed by atoms with Crippen LogP contribution in [-0.2, 0) is 6.54 Å². The van der Waals surface area contributed by atoms with E-state index in [1.54, 1.807) is 17.2 Å². The van der Waals surface area contributed by atoms with Crippen molar-refractivity contribution in [3.8, 4) is 11.5 Å². The van der Waals surface area contributed by atoms with E-state index in [1.807, 2.05) is 37.6 Å². The second-order valence-electron chi connectivity index (χ2n) is 7.33. The summed E-state index contributed by atoms with van der Waals surface area (Å²) >= 11 is 0. The highest BCUT2D eigenvalue weighted by Crippen LogP contribution is 2.28. The topological polar surface area (TPSA) is 83.7 Å². The van der Waals surface area contributed by atoms with Gasteiger partial charge in [0.05, 0.1) is 18.8 Å². The van der Waals surface area contributed by atoms with Crippen LogP contribution in [0.3, 0.4) is 0 Å². The van der Waals surface area contributed by atoms with Gasteiger partial charge in [-0.2, -0.15) is 0 Å². The Morgan fingerprint density at radius 1 is 1.31 bits per heavy atom. The minimum Gasteiger partial charge on any atom is -0.504 e. The van der Waals surface area contributed by atoms with Crippen LogP contribution in [-0.4, -0.2) is 68.6 Å². The van der Waals surface area contributed by atoms with Crippen LogP contribution >= 0.6 is 0 Å². The van der Waals surface area contributed by atoms with Crippen LogP contribution in [0.25, 0.3) is 0 Å². The van der Waals surface area contributed by atoms with Gasteiger partial charge in [-0.3, -0.25) is 9.69 Å². The Bertz CT molecular complexity index is 818. The second kappa shape index (κ2) is 9.73. The molecule has 0 aliphatic carbocycles. The summed E-state index contributed by atoms with van der Waals surface area (Å²) in [5, 5.41) is 18.3. The maximum Gasteiger partial charge on any atom is 0.276 e. The monoisotopic (exact) mass is 401 g/mol. The van der Waals surface area contributed by atoms with Crippen LogP contribution < -0.4 is 4.74 Å². The van der Waals surface area contributed by atoms with Crippen molar-refractivity contribution in [1.82, 2.24) is 24.8 Å². The lowest BCUT2D eigenvalue weighted by atomic mass is 10.0. The third-order valence-corrected chi connectivity index (χ3v) is 5.37. The first kappa shape index (κ1) is 21.1. The van der Waals surface area contributed by atoms with Crippen LogP contribution in [0.1, 0.15) is 55.7 Å². The molecule has 1 amide bonds. The fraction of sp³-hybridized carbons (Fsp3) is 0.571. The lowest BCUT2D eigenvalue weighted by Gasteiger charge is -2.32. The largest absolute Gasteiger partial charge is 0.504 e.